The minimum absolute atomic E-state index is 0.175. The van der Waals surface area contributed by atoms with Crippen LogP contribution in [0.3, 0.4) is 0 Å². The summed E-state index contributed by atoms with van der Waals surface area (Å²) in [5, 5.41) is 16.5. The van der Waals surface area contributed by atoms with Gasteiger partial charge in [-0.1, -0.05) is 6.07 Å². The summed E-state index contributed by atoms with van der Waals surface area (Å²) in [6.45, 7) is 7.52. The van der Waals surface area contributed by atoms with Crippen LogP contribution in [0.1, 0.15) is 42.1 Å². The van der Waals surface area contributed by atoms with Gasteiger partial charge in [0.1, 0.15) is 10.0 Å². The molecule has 0 aliphatic heterocycles. The zero-order valence-electron chi connectivity index (χ0n) is 12.5. The first-order chi connectivity index (χ1) is 9.53. The topological polar surface area (TPSA) is 37.8 Å². The Bertz CT molecular complexity index is 497. The van der Waals surface area contributed by atoms with Crippen LogP contribution in [0.4, 0.5) is 0 Å². The van der Waals surface area contributed by atoms with E-state index in [-0.39, 0.29) is 5.54 Å². The highest BCUT2D eigenvalue weighted by atomic mass is 32.1. The van der Waals surface area contributed by atoms with Gasteiger partial charge in [0.2, 0.25) is 0 Å². The van der Waals surface area contributed by atoms with Gasteiger partial charge in [0, 0.05) is 29.8 Å². The number of nitrogens with zero attached hydrogens (tertiary/aromatic N) is 2. The lowest BCUT2D eigenvalue weighted by Gasteiger charge is -2.19. The van der Waals surface area contributed by atoms with E-state index in [1.165, 1.54) is 9.88 Å². The molecule has 0 fully saturated rings. The van der Waals surface area contributed by atoms with Crippen molar-refractivity contribution >= 4 is 22.7 Å². The average Bonchev–Trinajstić information content (AvgIpc) is 2.99. The van der Waals surface area contributed by atoms with Gasteiger partial charge in [-0.25, -0.2) is 0 Å². The monoisotopic (exact) mass is 309 g/mol. The normalized spacial score (nSPS) is 11.9. The second-order valence-electron chi connectivity index (χ2n) is 5.95. The Morgan fingerprint density at radius 1 is 1.10 bits per heavy atom. The van der Waals surface area contributed by atoms with E-state index in [4.69, 9.17) is 0 Å². The molecule has 0 aromatic carbocycles. The maximum absolute atomic E-state index is 4.29. The fourth-order valence-electron chi connectivity index (χ4n) is 1.90. The van der Waals surface area contributed by atoms with Crippen LogP contribution in [0.15, 0.2) is 17.5 Å². The van der Waals surface area contributed by atoms with Gasteiger partial charge in [0.15, 0.2) is 0 Å². The molecule has 20 heavy (non-hydrogen) atoms. The molecule has 1 N–H and O–H groups in total. The van der Waals surface area contributed by atoms with E-state index < -0.39 is 0 Å². The minimum Gasteiger partial charge on any atom is -0.312 e. The van der Waals surface area contributed by atoms with E-state index in [9.17, 15) is 0 Å². The smallest absolute Gasteiger partial charge is 0.118 e. The molecule has 5 heteroatoms. The van der Waals surface area contributed by atoms with E-state index in [0.717, 1.165) is 37.2 Å². The molecule has 2 rings (SSSR count). The lowest BCUT2D eigenvalue weighted by Crippen LogP contribution is -2.37. The van der Waals surface area contributed by atoms with Crippen LogP contribution >= 0.6 is 22.7 Å². The van der Waals surface area contributed by atoms with Crippen LogP contribution in [0.25, 0.3) is 0 Å². The molecule has 0 unspecified atom stereocenters. The molecular formula is C15H23N3S2. The lowest BCUT2D eigenvalue weighted by atomic mass is 10.1. The third kappa shape index (κ3) is 5.69. The summed E-state index contributed by atoms with van der Waals surface area (Å²) in [6.07, 6.45) is 4.33. The zero-order valence-corrected chi connectivity index (χ0v) is 14.1. The van der Waals surface area contributed by atoms with Crippen molar-refractivity contribution in [1.29, 1.82) is 0 Å². The molecule has 0 amide bonds. The Morgan fingerprint density at radius 3 is 2.50 bits per heavy atom. The summed E-state index contributed by atoms with van der Waals surface area (Å²) in [6, 6.07) is 4.32. The molecule has 0 spiro atoms. The molecule has 0 bridgehead atoms. The number of hydrogen-bond donors (Lipinski definition) is 1. The Balaban J connectivity index is 1.69. The second-order valence-corrected chi connectivity index (χ2v) is 8.13. The van der Waals surface area contributed by atoms with Gasteiger partial charge < -0.3 is 5.32 Å². The molecule has 0 aliphatic carbocycles. The molecule has 110 valence electrons. The molecule has 2 aromatic rings. The van der Waals surface area contributed by atoms with Gasteiger partial charge in [-0.2, -0.15) is 0 Å². The number of rotatable bonds is 7. The summed E-state index contributed by atoms with van der Waals surface area (Å²) in [5.74, 6) is 0. The highest BCUT2D eigenvalue weighted by Gasteiger charge is 2.09. The first-order valence-corrected chi connectivity index (χ1v) is 8.81. The molecule has 0 atom stereocenters. The van der Waals surface area contributed by atoms with Crippen molar-refractivity contribution in [3.05, 3.63) is 32.4 Å². The van der Waals surface area contributed by atoms with Gasteiger partial charge in [-0.05, 0) is 45.1 Å². The van der Waals surface area contributed by atoms with Crippen molar-refractivity contribution in [2.24, 2.45) is 0 Å². The molecule has 0 radical (unpaired) electrons. The maximum atomic E-state index is 4.29. The summed E-state index contributed by atoms with van der Waals surface area (Å²) in [4.78, 5) is 1.46. The number of hydrogen-bond acceptors (Lipinski definition) is 5. The first-order valence-electron chi connectivity index (χ1n) is 7.11. The van der Waals surface area contributed by atoms with E-state index in [1.807, 2.05) is 11.3 Å². The molecule has 0 saturated heterocycles. The van der Waals surface area contributed by atoms with Crippen molar-refractivity contribution < 1.29 is 0 Å². The lowest BCUT2D eigenvalue weighted by molar-refractivity contribution is 0.429. The van der Waals surface area contributed by atoms with Gasteiger partial charge in [0.25, 0.3) is 0 Å². The third-order valence-corrected chi connectivity index (χ3v) is 4.88. The van der Waals surface area contributed by atoms with Crippen LogP contribution in [-0.4, -0.2) is 22.3 Å². The second kappa shape index (κ2) is 7.29. The van der Waals surface area contributed by atoms with E-state index >= 15 is 0 Å². The van der Waals surface area contributed by atoms with E-state index in [2.05, 4.69) is 53.8 Å². The SMILES string of the molecule is CC(C)(C)NCCc1nnc(CCCc2cccs2)s1. The third-order valence-electron chi connectivity index (χ3n) is 2.90. The Morgan fingerprint density at radius 2 is 1.85 bits per heavy atom. The van der Waals surface area contributed by atoms with Crippen molar-refractivity contribution in [1.82, 2.24) is 15.5 Å². The van der Waals surface area contributed by atoms with E-state index in [0.29, 0.717) is 0 Å². The fourth-order valence-corrected chi connectivity index (χ4v) is 3.54. The predicted octanol–water partition coefficient (Wildman–Crippen LogP) is 3.71. The standard InChI is InChI=1S/C15H23N3S2/c1-15(2,3)16-10-9-14-18-17-13(20-14)8-4-6-12-7-5-11-19-12/h5,7,11,16H,4,6,8-10H2,1-3H3. The van der Waals surface area contributed by atoms with Crippen molar-refractivity contribution in [2.45, 2.75) is 52.0 Å². The highest BCUT2D eigenvalue weighted by molar-refractivity contribution is 7.11. The number of aromatic nitrogens is 2. The number of thiophene rings is 1. The first kappa shape index (κ1) is 15.6. The van der Waals surface area contributed by atoms with Crippen molar-refractivity contribution in [2.75, 3.05) is 6.54 Å². The van der Waals surface area contributed by atoms with Crippen LogP contribution in [0.5, 0.6) is 0 Å². The molecule has 2 aromatic heterocycles. The quantitative estimate of drug-likeness (QED) is 0.847. The fraction of sp³-hybridized carbons (Fsp3) is 0.600. The largest absolute Gasteiger partial charge is 0.312 e. The van der Waals surface area contributed by atoms with E-state index in [1.54, 1.807) is 11.3 Å². The van der Waals surface area contributed by atoms with Gasteiger partial charge in [-0.3, -0.25) is 0 Å². The van der Waals surface area contributed by atoms with Crippen LogP contribution < -0.4 is 5.32 Å². The Labute approximate surface area is 129 Å². The average molecular weight is 310 g/mol. The van der Waals surface area contributed by atoms with Crippen molar-refractivity contribution in [3.8, 4) is 0 Å². The van der Waals surface area contributed by atoms with Crippen LogP contribution in [0.2, 0.25) is 0 Å². The molecule has 2 heterocycles. The predicted molar refractivity (Wildman–Crippen MR) is 87.7 cm³/mol. The zero-order chi connectivity index (χ0) is 14.4. The maximum Gasteiger partial charge on any atom is 0.118 e. The number of aryl methyl sites for hydroxylation is 2. The van der Waals surface area contributed by atoms with Gasteiger partial charge in [0.05, 0.1) is 0 Å². The summed E-state index contributed by atoms with van der Waals surface area (Å²) < 4.78 is 0. The summed E-state index contributed by atoms with van der Waals surface area (Å²) >= 11 is 3.60. The minimum atomic E-state index is 0.175. The molecule has 0 aliphatic rings. The van der Waals surface area contributed by atoms with Gasteiger partial charge >= 0.3 is 0 Å². The van der Waals surface area contributed by atoms with Gasteiger partial charge in [-0.15, -0.1) is 32.9 Å². The van der Waals surface area contributed by atoms with Crippen LogP contribution in [0, 0.1) is 0 Å². The Hall–Kier alpha value is -0.780. The summed E-state index contributed by atoms with van der Waals surface area (Å²) in [7, 11) is 0. The molecule has 3 nitrogen and oxygen atoms in total. The highest BCUT2D eigenvalue weighted by Crippen LogP contribution is 2.16. The Kier molecular flexibility index (Phi) is 5.69. The van der Waals surface area contributed by atoms with Crippen molar-refractivity contribution in [3.63, 3.8) is 0 Å². The number of nitrogens with one attached hydrogen (secondary N) is 1. The molecular weight excluding hydrogens is 286 g/mol. The molecule has 0 saturated carbocycles. The summed E-state index contributed by atoms with van der Waals surface area (Å²) in [5.41, 5.74) is 0.175. The van der Waals surface area contributed by atoms with Crippen LogP contribution in [-0.2, 0) is 19.3 Å².